The molecule has 1 aliphatic rings. The van der Waals surface area contributed by atoms with Crippen molar-refractivity contribution in [3.8, 4) is 11.5 Å². The summed E-state index contributed by atoms with van der Waals surface area (Å²) in [6, 6.07) is 15.5. The maximum absolute atomic E-state index is 12.9. The van der Waals surface area contributed by atoms with E-state index in [0.717, 1.165) is 46.5 Å². The van der Waals surface area contributed by atoms with Gasteiger partial charge in [0.1, 0.15) is 0 Å². The Hall–Kier alpha value is -3.41. The molecule has 2 aromatic carbocycles. The van der Waals surface area contributed by atoms with E-state index in [4.69, 9.17) is 14.5 Å². The number of carbonyl (C=O) groups is 1. The molecule has 31 heavy (non-hydrogen) atoms. The van der Waals surface area contributed by atoms with Crippen LogP contribution < -0.4 is 14.9 Å². The first-order valence-corrected chi connectivity index (χ1v) is 10.6. The number of fused-ring (bicyclic) bond motifs is 2. The summed E-state index contributed by atoms with van der Waals surface area (Å²) >= 11 is 0. The van der Waals surface area contributed by atoms with Gasteiger partial charge >= 0.3 is 0 Å². The molecule has 2 heterocycles. The normalized spacial score (nSPS) is 13.8. The van der Waals surface area contributed by atoms with Gasteiger partial charge < -0.3 is 9.47 Å². The number of carbonyl (C=O) groups excluding carboxylic acids is 1. The van der Waals surface area contributed by atoms with Crippen LogP contribution in [0.2, 0.25) is 0 Å². The van der Waals surface area contributed by atoms with E-state index in [-0.39, 0.29) is 18.6 Å². The van der Waals surface area contributed by atoms with Gasteiger partial charge in [-0.1, -0.05) is 45.0 Å². The average Bonchev–Trinajstić information content (AvgIpc) is 3.20. The van der Waals surface area contributed by atoms with Gasteiger partial charge in [-0.05, 0) is 54.5 Å². The first-order valence-electron chi connectivity index (χ1n) is 10.6. The highest BCUT2D eigenvalue weighted by atomic mass is 16.7. The Morgan fingerprint density at radius 1 is 1.10 bits per heavy atom. The van der Waals surface area contributed by atoms with Gasteiger partial charge in [0.2, 0.25) is 6.79 Å². The predicted octanol–water partition coefficient (Wildman–Crippen LogP) is 4.76. The summed E-state index contributed by atoms with van der Waals surface area (Å²) in [5, 5.41) is 5.04. The number of rotatable bonds is 7. The van der Waals surface area contributed by atoms with Crippen LogP contribution in [0.1, 0.15) is 42.4 Å². The molecule has 0 fully saturated rings. The van der Waals surface area contributed by atoms with Gasteiger partial charge in [-0.2, -0.15) is 5.10 Å². The average molecular weight is 418 g/mol. The van der Waals surface area contributed by atoms with Crippen LogP contribution in [-0.2, 0) is 12.8 Å². The van der Waals surface area contributed by atoms with E-state index in [0.29, 0.717) is 11.5 Å². The lowest BCUT2D eigenvalue weighted by atomic mass is 10.0. The van der Waals surface area contributed by atoms with Crippen LogP contribution in [0.5, 0.6) is 11.5 Å². The lowest BCUT2D eigenvalue weighted by molar-refractivity contribution is 0.0956. The summed E-state index contributed by atoms with van der Waals surface area (Å²) in [6.07, 6.45) is 3.37. The van der Waals surface area contributed by atoms with E-state index < -0.39 is 0 Å². The summed E-state index contributed by atoms with van der Waals surface area (Å²) in [4.78, 5) is 17.6. The number of aromatic nitrogens is 1. The molecule has 1 aliphatic heterocycles. The maximum atomic E-state index is 12.9. The smallest absolute Gasteiger partial charge is 0.272 e. The van der Waals surface area contributed by atoms with E-state index in [9.17, 15) is 4.79 Å². The minimum absolute atomic E-state index is 0.145. The number of nitrogens with zero attached hydrogens (tertiary/aromatic N) is 2. The van der Waals surface area contributed by atoms with Crippen molar-refractivity contribution < 1.29 is 14.3 Å². The minimum Gasteiger partial charge on any atom is -0.454 e. The Balaban J connectivity index is 1.44. The van der Waals surface area contributed by atoms with Crippen LogP contribution in [0.4, 0.5) is 0 Å². The molecule has 1 aromatic heterocycles. The first-order chi connectivity index (χ1) is 15.0. The van der Waals surface area contributed by atoms with Crippen LogP contribution in [0, 0.1) is 11.8 Å². The number of nitrogens with one attached hydrogen (secondary N) is 1. The highest BCUT2D eigenvalue weighted by molar-refractivity contribution is 6.06. The largest absolute Gasteiger partial charge is 0.454 e. The molecule has 3 aromatic rings. The zero-order valence-corrected chi connectivity index (χ0v) is 18.1. The second-order valence-electron chi connectivity index (χ2n) is 8.36. The number of ether oxygens (including phenoxy) is 2. The molecule has 0 aliphatic carbocycles. The summed E-state index contributed by atoms with van der Waals surface area (Å²) < 4.78 is 10.8. The van der Waals surface area contributed by atoms with Crippen molar-refractivity contribution in [1.82, 2.24) is 10.4 Å². The van der Waals surface area contributed by atoms with Crippen LogP contribution in [0.3, 0.4) is 0 Å². The molecule has 0 bridgehead atoms. The molecular weight excluding hydrogens is 390 g/mol. The Kier molecular flexibility index (Phi) is 6.16. The number of hydrazone groups is 1. The van der Waals surface area contributed by atoms with Gasteiger partial charge in [-0.3, -0.25) is 9.78 Å². The molecule has 6 nitrogen and oxygen atoms in total. The molecule has 6 heteroatoms. The Bertz CT molecular complexity index is 1120. The molecule has 1 amide bonds. The molecule has 0 saturated heterocycles. The molecule has 160 valence electrons. The van der Waals surface area contributed by atoms with E-state index >= 15 is 0 Å². The van der Waals surface area contributed by atoms with Gasteiger partial charge in [-0.15, -0.1) is 0 Å². The van der Waals surface area contributed by atoms with Gasteiger partial charge in [0.05, 0.1) is 11.1 Å². The van der Waals surface area contributed by atoms with E-state index in [1.165, 1.54) is 0 Å². The van der Waals surface area contributed by atoms with Crippen molar-refractivity contribution in [1.29, 1.82) is 0 Å². The number of para-hydroxylation sites is 1. The Morgan fingerprint density at radius 3 is 2.74 bits per heavy atom. The summed E-state index contributed by atoms with van der Waals surface area (Å²) in [5.41, 5.74) is 6.16. The van der Waals surface area contributed by atoms with Crippen LogP contribution in [0.25, 0.3) is 10.9 Å². The maximum Gasteiger partial charge on any atom is 0.272 e. The monoisotopic (exact) mass is 417 g/mol. The third-order valence-corrected chi connectivity index (χ3v) is 5.12. The minimum atomic E-state index is -0.227. The van der Waals surface area contributed by atoms with Gasteiger partial charge in [0, 0.05) is 17.3 Å². The van der Waals surface area contributed by atoms with E-state index in [1.807, 2.05) is 48.5 Å². The Morgan fingerprint density at radius 2 is 1.90 bits per heavy atom. The topological polar surface area (TPSA) is 72.8 Å². The molecule has 0 spiro atoms. The van der Waals surface area contributed by atoms with Crippen molar-refractivity contribution in [2.45, 2.75) is 33.6 Å². The second kappa shape index (κ2) is 9.16. The van der Waals surface area contributed by atoms with Crippen molar-refractivity contribution in [2.75, 3.05) is 6.79 Å². The fourth-order valence-corrected chi connectivity index (χ4v) is 3.72. The third kappa shape index (κ3) is 5.02. The highest BCUT2D eigenvalue weighted by Gasteiger charge is 2.15. The number of hydrogen-bond acceptors (Lipinski definition) is 5. The lowest BCUT2D eigenvalue weighted by Crippen LogP contribution is -2.19. The molecular formula is C25H27N3O3. The quantitative estimate of drug-likeness (QED) is 0.444. The molecule has 4 rings (SSSR count). The summed E-state index contributed by atoms with van der Waals surface area (Å²) in [6.45, 7) is 6.61. The fourth-order valence-electron chi connectivity index (χ4n) is 3.72. The zero-order valence-electron chi connectivity index (χ0n) is 18.1. The van der Waals surface area contributed by atoms with Crippen molar-refractivity contribution >= 4 is 23.0 Å². The molecule has 0 unspecified atom stereocenters. The SMILES string of the molecule is CC(C)Cc1cc(C(=O)N/N=C\[C@H](C)Cc2ccc3c(c2)OCO3)c2ccccc2n1. The number of benzene rings is 2. The standard InChI is InChI=1S/C25H27N3O3/c1-16(2)10-19-13-21(20-6-4-5-7-22(20)27-19)25(29)28-26-14-17(3)11-18-8-9-23-24(12-18)31-15-30-23/h4-9,12-14,16-17H,10-11,15H2,1-3H3,(H,28,29)/b26-14-/t17-/m1/s1. The van der Waals surface area contributed by atoms with E-state index in [1.54, 1.807) is 6.21 Å². The van der Waals surface area contributed by atoms with Crippen molar-refractivity contribution in [2.24, 2.45) is 16.9 Å². The van der Waals surface area contributed by atoms with Gasteiger partial charge in [0.25, 0.3) is 5.91 Å². The van der Waals surface area contributed by atoms with Gasteiger partial charge in [-0.25, -0.2) is 5.43 Å². The first kappa shape index (κ1) is 20.8. The van der Waals surface area contributed by atoms with Crippen molar-refractivity contribution in [3.05, 3.63) is 65.4 Å². The molecule has 0 saturated carbocycles. The lowest BCUT2D eigenvalue weighted by Gasteiger charge is -2.10. The number of hydrogen-bond donors (Lipinski definition) is 1. The van der Waals surface area contributed by atoms with Gasteiger partial charge in [0.15, 0.2) is 11.5 Å². The highest BCUT2D eigenvalue weighted by Crippen LogP contribution is 2.33. The predicted molar refractivity (Wildman–Crippen MR) is 122 cm³/mol. The number of pyridine rings is 1. The second-order valence-corrected chi connectivity index (χ2v) is 8.36. The number of amides is 1. The zero-order chi connectivity index (χ0) is 21.8. The Labute approximate surface area is 182 Å². The summed E-state index contributed by atoms with van der Waals surface area (Å²) in [5.74, 6) is 1.93. The molecule has 1 N–H and O–H groups in total. The molecule has 1 atom stereocenters. The summed E-state index contributed by atoms with van der Waals surface area (Å²) in [7, 11) is 0. The van der Waals surface area contributed by atoms with E-state index in [2.05, 4.69) is 31.3 Å². The fraction of sp³-hybridized carbons (Fsp3) is 0.320. The van der Waals surface area contributed by atoms with Crippen LogP contribution in [-0.4, -0.2) is 23.9 Å². The van der Waals surface area contributed by atoms with Crippen LogP contribution in [0.15, 0.2) is 53.6 Å². The third-order valence-electron chi connectivity index (χ3n) is 5.12. The molecule has 0 radical (unpaired) electrons. The van der Waals surface area contributed by atoms with Crippen LogP contribution >= 0.6 is 0 Å². The van der Waals surface area contributed by atoms with Crippen molar-refractivity contribution in [3.63, 3.8) is 0 Å².